The molecule has 2 aliphatic heterocycles. The van der Waals surface area contributed by atoms with Crippen LogP contribution in [0.3, 0.4) is 0 Å². The molecular formula is C22H18Cl3NO3S2. The maximum atomic E-state index is 12.8. The van der Waals surface area contributed by atoms with Gasteiger partial charge in [-0.25, -0.2) is 0 Å². The van der Waals surface area contributed by atoms with Crippen molar-refractivity contribution in [3.63, 3.8) is 0 Å². The number of halogens is 3. The summed E-state index contributed by atoms with van der Waals surface area (Å²) in [6.07, 6.45) is 3.82. The van der Waals surface area contributed by atoms with Gasteiger partial charge in [0, 0.05) is 22.2 Å². The highest BCUT2D eigenvalue weighted by Crippen LogP contribution is 2.35. The summed E-state index contributed by atoms with van der Waals surface area (Å²) in [5.41, 5.74) is 1.60. The number of thioether (sulfide) groups is 1. The maximum Gasteiger partial charge on any atom is 0.266 e. The van der Waals surface area contributed by atoms with Crippen LogP contribution in [0.2, 0.25) is 15.1 Å². The molecule has 9 heteroatoms. The fourth-order valence-electron chi connectivity index (χ4n) is 3.32. The Morgan fingerprint density at radius 3 is 2.74 bits per heavy atom. The predicted molar refractivity (Wildman–Crippen MR) is 131 cm³/mol. The highest BCUT2D eigenvalue weighted by Gasteiger charge is 2.34. The fourth-order valence-corrected chi connectivity index (χ4v) is 5.30. The molecule has 1 amide bonds. The lowest BCUT2D eigenvalue weighted by atomic mass is 10.2. The lowest BCUT2D eigenvalue weighted by molar-refractivity contribution is -0.123. The normalized spacial score (nSPS) is 20.2. The van der Waals surface area contributed by atoms with Gasteiger partial charge in [0.2, 0.25) is 0 Å². The van der Waals surface area contributed by atoms with E-state index in [0.29, 0.717) is 36.6 Å². The van der Waals surface area contributed by atoms with Crippen molar-refractivity contribution in [3.05, 3.63) is 67.5 Å². The average Bonchev–Trinajstić information content (AvgIpc) is 3.33. The summed E-state index contributed by atoms with van der Waals surface area (Å²) in [7, 11) is 0. The van der Waals surface area contributed by atoms with E-state index in [4.69, 9.17) is 56.5 Å². The van der Waals surface area contributed by atoms with Crippen LogP contribution in [0.25, 0.3) is 6.08 Å². The minimum absolute atomic E-state index is 0.0573. The zero-order valence-corrected chi connectivity index (χ0v) is 20.2. The first kappa shape index (κ1) is 22.9. The molecular weight excluding hydrogens is 497 g/mol. The number of hydrogen-bond acceptors (Lipinski definition) is 5. The first-order valence-electron chi connectivity index (χ1n) is 9.64. The van der Waals surface area contributed by atoms with Gasteiger partial charge in [-0.3, -0.25) is 9.69 Å². The zero-order valence-electron chi connectivity index (χ0n) is 16.3. The van der Waals surface area contributed by atoms with Crippen molar-refractivity contribution in [2.75, 3.05) is 13.2 Å². The van der Waals surface area contributed by atoms with Crippen molar-refractivity contribution in [3.8, 4) is 5.75 Å². The molecule has 0 spiro atoms. The minimum atomic E-state index is -0.0978. The van der Waals surface area contributed by atoms with Crippen molar-refractivity contribution >= 4 is 75.1 Å². The maximum absolute atomic E-state index is 12.8. The quantitative estimate of drug-likeness (QED) is 0.320. The number of benzene rings is 2. The van der Waals surface area contributed by atoms with E-state index in [9.17, 15) is 4.79 Å². The Morgan fingerprint density at radius 1 is 1.19 bits per heavy atom. The van der Waals surface area contributed by atoms with Gasteiger partial charge in [-0.05, 0) is 48.7 Å². The molecule has 0 unspecified atom stereocenters. The van der Waals surface area contributed by atoms with Crippen LogP contribution in [0, 0.1) is 0 Å². The van der Waals surface area contributed by atoms with Gasteiger partial charge in [-0.1, -0.05) is 70.9 Å². The SMILES string of the molecule is O=C1/C(=C/c2ccc(OCc3ccc(Cl)cc3Cl)c(Cl)c2)SC(=S)N1C[C@H]1CCCO1. The van der Waals surface area contributed by atoms with Gasteiger partial charge in [0.05, 0.1) is 22.6 Å². The lowest BCUT2D eigenvalue weighted by Gasteiger charge is -2.18. The molecule has 31 heavy (non-hydrogen) atoms. The van der Waals surface area contributed by atoms with Crippen LogP contribution in [0.4, 0.5) is 0 Å². The largest absolute Gasteiger partial charge is 0.487 e. The van der Waals surface area contributed by atoms with E-state index in [1.165, 1.54) is 11.8 Å². The van der Waals surface area contributed by atoms with Gasteiger partial charge in [-0.2, -0.15) is 0 Å². The third-order valence-corrected chi connectivity index (χ3v) is 7.20. The molecule has 2 aliphatic rings. The smallest absolute Gasteiger partial charge is 0.266 e. The number of hydrogen-bond donors (Lipinski definition) is 0. The molecule has 0 saturated carbocycles. The van der Waals surface area contributed by atoms with Crippen LogP contribution in [-0.4, -0.2) is 34.4 Å². The van der Waals surface area contributed by atoms with Gasteiger partial charge >= 0.3 is 0 Å². The summed E-state index contributed by atoms with van der Waals surface area (Å²) < 4.78 is 12.0. The number of thiocarbonyl (C=S) groups is 1. The number of carbonyl (C=O) groups excluding carboxylic acids is 1. The zero-order chi connectivity index (χ0) is 22.0. The third-order valence-electron chi connectivity index (χ3n) is 4.94. The highest BCUT2D eigenvalue weighted by atomic mass is 35.5. The molecule has 2 aromatic rings. The summed E-state index contributed by atoms with van der Waals surface area (Å²) in [6.45, 7) is 1.51. The Bertz CT molecular complexity index is 1050. The van der Waals surface area contributed by atoms with E-state index >= 15 is 0 Å². The Labute approximate surface area is 205 Å². The monoisotopic (exact) mass is 513 g/mol. The molecule has 2 saturated heterocycles. The molecule has 4 nitrogen and oxygen atoms in total. The van der Waals surface area contributed by atoms with Crippen LogP contribution in [-0.2, 0) is 16.1 Å². The number of nitrogens with zero attached hydrogens (tertiary/aromatic N) is 1. The molecule has 0 radical (unpaired) electrons. The molecule has 162 valence electrons. The van der Waals surface area contributed by atoms with Gasteiger partial charge < -0.3 is 9.47 Å². The topological polar surface area (TPSA) is 38.8 Å². The fraction of sp³-hybridized carbons (Fsp3) is 0.273. The average molecular weight is 515 g/mol. The Kier molecular flexibility index (Phi) is 7.47. The minimum Gasteiger partial charge on any atom is -0.487 e. The summed E-state index contributed by atoms with van der Waals surface area (Å²) in [6, 6.07) is 10.6. The van der Waals surface area contributed by atoms with Gasteiger partial charge in [0.25, 0.3) is 5.91 Å². The van der Waals surface area contributed by atoms with Crippen LogP contribution >= 0.6 is 58.8 Å². The molecule has 2 heterocycles. The summed E-state index contributed by atoms with van der Waals surface area (Å²) in [4.78, 5) is 15.0. The number of carbonyl (C=O) groups is 1. The highest BCUT2D eigenvalue weighted by molar-refractivity contribution is 8.26. The standard InChI is InChI=1S/C22H18Cl3NO3S2/c23-15-5-4-14(17(24)10-15)12-29-19-6-3-13(8-18(19)25)9-20-21(27)26(22(30)31-20)11-16-2-1-7-28-16/h3-6,8-10,16H,1-2,7,11-12H2/b20-9-/t16-/m1/s1. The molecule has 0 aliphatic carbocycles. The van der Waals surface area contributed by atoms with Crippen LogP contribution in [0.15, 0.2) is 41.3 Å². The van der Waals surface area contributed by atoms with E-state index in [0.717, 1.165) is 30.6 Å². The van der Waals surface area contributed by atoms with Gasteiger partial charge in [0.15, 0.2) is 0 Å². The second kappa shape index (κ2) is 10.1. The number of amides is 1. The first-order chi connectivity index (χ1) is 14.9. The molecule has 1 atom stereocenters. The van der Waals surface area contributed by atoms with E-state index in [1.54, 1.807) is 35.2 Å². The summed E-state index contributed by atoms with van der Waals surface area (Å²) in [5, 5.41) is 1.54. The molecule has 2 aromatic carbocycles. The van der Waals surface area contributed by atoms with Crippen molar-refractivity contribution in [2.45, 2.75) is 25.6 Å². The molecule has 0 N–H and O–H groups in total. The Balaban J connectivity index is 1.43. The Hall–Kier alpha value is -1.28. The van der Waals surface area contributed by atoms with Crippen molar-refractivity contribution in [2.24, 2.45) is 0 Å². The second-order valence-electron chi connectivity index (χ2n) is 7.14. The molecule has 2 fully saturated rings. The summed E-state index contributed by atoms with van der Waals surface area (Å²) >= 11 is 25.2. The molecule has 4 rings (SSSR count). The summed E-state index contributed by atoms with van der Waals surface area (Å²) in [5.74, 6) is 0.426. The second-order valence-corrected chi connectivity index (χ2v) is 10.1. The van der Waals surface area contributed by atoms with Crippen molar-refractivity contribution < 1.29 is 14.3 Å². The first-order valence-corrected chi connectivity index (χ1v) is 12.0. The lowest BCUT2D eigenvalue weighted by Crippen LogP contribution is -2.35. The van der Waals surface area contributed by atoms with E-state index in [-0.39, 0.29) is 18.6 Å². The van der Waals surface area contributed by atoms with Gasteiger partial charge in [-0.15, -0.1) is 0 Å². The van der Waals surface area contributed by atoms with E-state index < -0.39 is 0 Å². The van der Waals surface area contributed by atoms with Crippen LogP contribution in [0.5, 0.6) is 5.75 Å². The molecule has 0 bridgehead atoms. The number of rotatable bonds is 6. The van der Waals surface area contributed by atoms with Crippen LogP contribution < -0.4 is 4.74 Å². The third kappa shape index (κ3) is 5.56. The van der Waals surface area contributed by atoms with Crippen LogP contribution in [0.1, 0.15) is 24.0 Å². The van der Waals surface area contributed by atoms with Gasteiger partial charge in [0.1, 0.15) is 16.7 Å². The van der Waals surface area contributed by atoms with Crippen molar-refractivity contribution in [1.82, 2.24) is 4.90 Å². The molecule has 0 aromatic heterocycles. The van der Waals surface area contributed by atoms with E-state index in [2.05, 4.69) is 0 Å². The predicted octanol–water partition coefficient (Wildman–Crippen LogP) is 6.61. The Morgan fingerprint density at radius 2 is 2.03 bits per heavy atom. The van der Waals surface area contributed by atoms with Crippen molar-refractivity contribution in [1.29, 1.82) is 0 Å². The number of ether oxygens (including phenoxy) is 2. The van der Waals surface area contributed by atoms with E-state index in [1.807, 2.05) is 12.1 Å².